The first-order chi connectivity index (χ1) is 11.6. The lowest BCUT2D eigenvalue weighted by Crippen LogP contribution is -2.50. The highest BCUT2D eigenvalue weighted by atomic mass is 15.3. The van der Waals surface area contributed by atoms with Gasteiger partial charge in [-0.2, -0.15) is 0 Å². The van der Waals surface area contributed by atoms with Crippen LogP contribution in [0.15, 0.2) is 0 Å². The SMILES string of the molecule is CC.CC.CC(C)NCCN1CCN(CC2CCN(C)CC2)CC1. The normalized spacial score (nSPS) is 21.0. The van der Waals surface area contributed by atoms with Crippen molar-refractivity contribution < 1.29 is 0 Å². The summed E-state index contributed by atoms with van der Waals surface area (Å²) in [7, 11) is 2.25. The van der Waals surface area contributed by atoms with Gasteiger partial charge < -0.3 is 15.1 Å². The number of likely N-dealkylation sites (tertiary alicyclic amines) is 1. The maximum Gasteiger partial charge on any atom is 0.0110 e. The zero-order valence-electron chi connectivity index (χ0n) is 17.8. The van der Waals surface area contributed by atoms with Crippen molar-refractivity contribution in [1.29, 1.82) is 0 Å². The molecule has 2 aliphatic rings. The summed E-state index contributed by atoms with van der Waals surface area (Å²) in [4.78, 5) is 7.78. The molecule has 1 N–H and O–H groups in total. The fraction of sp³-hybridized carbons (Fsp3) is 1.00. The average molecular weight is 343 g/mol. The summed E-state index contributed by atoms with van der Waals surface area (Å²) in [5.41, 5.74) is 0. The molecule has 0 spiro atoms. The molecule has 0 saturated carbocycles. The van der Waals surface area contributed by atoms with Crippen molar-refractivity contribution in [2.24, 2.45) is 5.92 Å². The summed E-state index contributed by atoms with van der Waals surface area (Å²) in [6.45, 7) is 23.8. The zero-order chi connectivity index (χ0) is 18.4. The van der Waals surface area contributed by atoms with Crippen LogP contribution >= 0.6 is 0 Å². The van der Waals surface area contributed by atoms with E-state index in [-0.39, 0.29) is 0 Å². The molecule has 0 unspecified atom stereocenters. The molecule has 0 bridgehead atoms. The topological polar surface area (TPSA) is 21.8 Å². The summed E-state index contributed by atoms with van der Waals surface area (Å²) >= 11 is 0. The summed E-state index contributed by atoms with van der Waals surface area (Å²) in [5.74, 6) is 0.945. The molecule has 24 heavy (non-hydrogen) atoms. The Labute approximate surface area is 153 Å². The van der Waals surface area contributed by atoms with E-state index in [2.05, 4.69) is 40.9 Å². The van der Waals surface area contributed by atoms with E-state index in [9.17, 15) is 0 Å². The Balaban J connectivity index is 0.00000123. The van der Waals surface area contributed by atoms with Crippen LogP contribution in [0, 0.1) is 5.92 Å². The lowest BCUT2D eigenvalue weighted by atomic mass is 9.96. The predicted molar refractivity (Wildman–Crippen MR) is 109 cm³/mol. The van der Waals surface area contributed by atoms with Gasteiger partial charge in [-0.25, -0.2) is 0 Å². The van der Waals surface area contributed by atoms with Crippen LogP contribution in [0.2, 0.25) is 0 Å². The standard InChI is InChI=1S/C16H34N4.2C2H6/c1-15(2)17-6-9-19-10-12-20(13-11-19)14-16-4-7-18(3)8-5-16;2*1-2/h15-17H,4-14H2,1-3H3;2*1-2H3. The largest absolute Gasteiger partial charge is 0.313 e. The number of nitrogens with zero attached hydrogens (tertiary/aromatic N) is 3. The van der Waals surface area contributed by atoms with E-state index in [0.29, 0.717) is 6.04 Å². The Morgan fingerprint density at radius 2 is 1.33 bits per heavy atom. The van der Waals surface area contributed by atoms with Crippen molar-refractivity contribution in [3.63, 3.8) is 0 Å². The Bertz CT molecular complexity index is 254. The monoisotopic (exact) mass is 342 g/mol. The molecule has 2 heterocycles. The Kier molecular flexibility index (Phi) is 15.0. The summed E-state index contributed by atoms with van der Waals surface area (Å²) < 4.78 is 0. The van der Waals surface area contributed by atoms with E-state index in [0.717, 1.165) is 12.5 Å². The van der Waals surface area contributed by atoms with Crippen molar-refractivity contribution in [3.05, 3.63) is 0 Å². The van der Waals surface area contributed by atoms with Crippen LogP contribution in [0.25, 0.3) is 0 Å². The summed E-state index contributed by atoms with van der Waals surface area (Å²) in [6.07, 6.45) is 2.80. The van der Waals surface area contributed by atoms with Gasteiger partial charge >= 0.3 is 0 Å². The van der Waals surface area contributed by atoms with Crippen LogP contribution in [-0.2, 0) is 0 Å². The number of hydrogen-bond donors (Lipinski definition) is 1. The molecule has 0 radical (unpaired) electrons. The zero-order valence-corrected chi connectivity index (χ0v) is 17.8. The Hall–Kier alpha value is -0.160. The molecular weight excluding hydrogens is 296 g/mol. The molecule has 2 fully saturated rings. The molecule has 0 aliphatic carbocycles. The quantitative estimate of drug-likeness (QED) is 0.801. The second-order valence-corrected chi connectivity index (χ2v) is 7.00. The number of hydrogen-bond acceptors (Lipinski definition) is 4. The van der Waals surface area contributed by atoms with Gasteiger partial charge in [-0.1, -0.05) is 41.5 Å². The fourth-order valence-corrected chi connectivity index (χ4v) is 3.32. The molecule has 0 aromatic rings. The van der Waals surface area contributed by atoms with Gasteiger partial charge in [-0.3, -0.25) is 4.90 Å². The minimum absolute atomic E-state index is 0.612. The lowest BCUT2D eigenvalue weighted by molar-refractivity contribution is 0.100. The average Bonchev–Trinajstić information content (AvgIpc) is 2.62. The second-order valence-electron chi connectivity index (χ2n) is 7.00. The van der Waals surface area contributed by atoms with Crippen molar-refractivity contribution >= 4 is 0 Å². The molecule has 146 valence electrons. The molecule has 4 heteroatoms. The van der Waals surface area contributed by atoms with Gasteiger partial charge in [-0.05, 0) is 38.9 Å². The van der Waals surface area contributed by atoms with E-state index < -0.39 is 0 Å². The van der Waals surface area contributed by atoms with E-state index >= 15 is 0 Å². The number of piperidine rings is 1. The highest BCUT2D eigenvalue weighted by molar-refractivity contribution is 4.78. The second kappa shape index (κ2) is 15.1. The van der Waals surface area contributed by atoms with Gasteiger partial charge in [0.25, 0.3) is 0 Å². The van der Waals surface area contributed by atoms with Crippen LogP contribution in [0.3, 0.4) is 0 Å². The third-order valence-electron chi connectivity index (χ3n) is 4.80. The van der Waals surface area contributed by atoms with Crippen LogP contribution in [0.1, 0.15) is 54.4 Å². The van der Waals surface area contributed by atoms with Gasteiger partial charge in [0.15, 0.2) is 0 Å². The van der Waals surface area contributed by atoms with Gasteiger partial charge in [0, 0.05) is 51.9 Å². The summed E-state index contributed by atoms with van der Waals surface area (Å²) in [6, 6.07) is 0.612. The third-order valence-corrected chi connectivity index (χ3v) is 4.80. The van der Waals surface area contributed by atoms with Crippen LogP contribution in [-0.4, -0.2) is 86.7 Å². The van der Waals surface area contributed by atoms with Crippen LogP contribution in [0.5, 0.6) is 0 Å². The van der Waals surface area contributed by atoms with Crippen molar-refractivity contribution in [2.75, 3.05) is 66.0 Å². The minimum Gasteiger partial charge on any atom is -0.313 e. The van der Waals surface area contributed by atoms with Gasteiger partial charge in [0.05, 0.1) is 0 Å². The minimum atomic E-state index is 0.612. The molecule has 2 aliphatic heterocycles. The number of nitrogens with one attached hydrogen (secondary N) is 1. The Morgan fingerprint density at radius 1 is 0.833 bits per heavy atom. The molecule has 0 aromatic heterocycles. The first kappa shape index (κ1) is 23.8. The maximum atomic E-state index is 3.51. The molecular formula is C20H46N4. The molecule has 0 atom stereocenters. The van der Waals surface area contributed by atoms with Crippen molar-refractivity contribution in [1.82, 2.24) is 20.0 Å². The predicted octanol–water partition coefficient (Wildman–Crippen LogP) is 3.00. The molecule has 2 saturated heterocycles. The van der Waals surface area contributed by atoms with Gasteiger partial charge in [-0.15, -0.1) is 0 Å². The highest BCUT2D eigenvalue weighted by Gasteiger charge is 2.22. The van der Waals surface area contributed by atoms with Gasteiger partial charge in [0.2, 0.25) is 0 Å². The number of rotatable bonds is 6. The van der Waals surface area contributed by atoms with Crippen molar-refractivity contribution in [2.45, 2.75) is 60.4 Å². The molecule has 0 amide bonds. The van der Waals surface area contributed by atoms with E-state index in [1.54, 1.807) is 0 Å². The molecule has 0 aromatic carbocycles. The van der Waals surface area contributed by atoms with Crippen LogP contribution < -0.4 is 5.32 Å². The van der Waals surface area contributed by atoms with E-state index in [1.807, 2.05) is 27.7 Å². The van der Waals surface area contributed by atoms with E-state index in [1.165, 1.54) is 65.2 Å². The number of piperazine rings is 1. The highest BCUT2D eigenvalue weighted by Crippen LogP contribution is 2.18. The van der Waals surface area contributed by atoms with E-state index in [4.69, 9.17) is 0 Å². The van der Waals surface area contributed by atoms with Gasteiger partial charge in [0.1, 0.15) is 0 Å². The smallest absolute Gasteiger partial charge is 0.0110 e. The van der Waals surface area contributed by atoms with Crippen LogP contribution in [0.4, 0.5) is 0 Å². The first-order valence-electron chi connectivity index (χ1n) is 10.5. The Morgan fingerprint density at radius 3 is 1.83 bits per heavy atom. The summed E-state index contributed by atoms with van der Waals surface area (Å²) in [5, 5.41) is 3.51. The third kappa shape index (κ3) is 10.7. The fourth-order valence-electron chi connectivity index (χ4n) is 3.32. The molecule has 4 nitrogen and oxygen atoms in total. The first-order valence-corrected chi connectivity index (χ1v) is 10.5. The molecule has 2 rings (SSSR count). The van der Waals surface area contributed by atoms with Crippen molar-refractivity contribution in [3.8, 4) is 0 Å². The lowest BCUT2D eigenvalue weighted by Gasteiger charge is -2.38. The maximum absolute atomic E-state index is 3.51.